The number of aromatic nitrogens is 2. The molecule has 2 heterocycles. The molecule has 0 saturated carbocycles. The molecule has 0 unspecified atom stereocenters. The van der Waals surface area contributed by atoms with E-state index in [4.69, 9.17) is 5.73 Å². The number of hydrogen-bond acceptors (Lipinski definition) is 4. The maximum Gasteiger partial charge on any atom is 0.255 e. The van der Waals surface area contributed by atoms with Gasteiger partial charge in [-0.1, -0.05) is 0 Å². The lowest BCUT2D eigenvalue weighted by molar-refractivity contribution is 0.951. The summed E-state index contributed by atoms with van der Waals surface area (Å²) in [7, 11) is 0. The summed E-state index contributed by atoms with van der Waals surface area (Å²) < 4.78 is 0. The average molecular weight is 183 g/mol. The van der Waals surface area contributed by atoms with Crippen LogP contribution >= 0.6 is 11.8 Å². The quantitative estimate of drug-likeness (QED) is 0.600. The Morgan fingerprint density at radius 2 is 2.42 bits per heavy atom. The van der Waals surface area contributed by atoms with Crippen molar-refractivity contribution in [3.63, 3.8) is 0 Å². The minimum Gasteiger partial charge on any atom is -0.369 e. The Labute approximate surface area is 73.6 Å². The lowest BCUT2D eigenvalue weighted by Gasteiger charge is -2.12. The molecule has 2 rings (SSSR count). The van der Waals surface area contributed by atoms with Gasteiger partial charge in [0.05, 0.1) is 5.69 Å². The highest BCUT2D eigenvalue weighted by molar-refractivity contribution is 7.98. The van der Waals surface area contributed by atoms with Crippen LogP contribution < -0.4 is 11.3 Å². The van der Waals surface area contributed by atoms with Crippen molar-refractivity contribution in [3.8, 4) is 0 Å². The van der Waals surface area contributed by atoms with Crippen LogP contribution in [0.1, 0.15) is 11.3 Å². The number of fused-ring (bicyclic) bond motifs is 1. The topological polar surface area (TPSA) is 71.8 Å². The number of nitrogens with two attached hydrogens (primary N) is 1. The third-order valence-electron chi connectivity index (χ3n) is 1.85. The van der Waals surface area contributed by atoms with E-state index in [0.29, 0.717) is 0 Å². The van der Waals surface area contributed by atoms with Crippen LogP contribution in [-0.4, -0.2) is 15.7 Å². The van der Waals surface area contributed by atoms with Crippen molar-refractivity contribution >= 4 is 17.7 Å². The van der Waals surface area contributed by atoms with Gasteiger partial charge in [0.25, 0.3) is 5.56 Å². The first kappa shape index (κ1) is 7.67. The molecular weight excluding hydrogens is 174 g/mol. The molecule has 0 aliphatic carbocycles. The molecule has 1 aliphatic rings. The van der Waals surface area contributed by atoms with E-state index in [0.717, 1.165) is 29.2 Å². The number of thioether (sulfide) groups is 1. The molecule has 1 aliphatic heterocycles. The average Bonchev–Trinajstić information content (AvgIpc) is 2.04. The van der Waals surface area contributed by atoms with Crippen LogP contribution in [0.25, 0.3) is 0 Å². The highest BCUT2D eigenvalue weighted by Crippen LogP contribution is 2.19. The van der Waals surface area contributed by atoms with Crippen molar-refractivity contribution < 1.29 is 0 Å². The maximum absolute atomic E-state index is 11.3. The molecule has 0 amide bonds. The Kier molecular flexibility index (Phi) is 1.80. The van der Waals surface area contributed by atoms with Gasteiger partial charge in [-0.2, -0.15) is 11.8 Å². The molecule has 64 valence electrons. The summed E-state index contributed by atoms with van der Waals surface area (Å²) in [6.07, 6.45) is 0.808. The van der Waals surface area contributed by atoms with Crippen LogP contribution in [-0.2, 0) is 12.2 Å². The van der Waals surface area contributed by atoms with E-state index < -0.39 is 0 Å². The molecule has 0 fully saturated rings. The first-order chi connectivity index (χ1) is 5.77. The number of hydrogen-bond donors (Lipinski definition) is 2. The summed E-state index contributed by atoms with van der Waals surface area (Å²) in [5.41, 5.74) is 7.00. The van der Waals surface area contributed by atoms with Gasteiger partial charge in [0, 0.05) is 11.3 Å². The van der Waals surface area contributed by atoms with Crippen LogP contribution in [0.4, 0.5) is 5.95 Å². The molecule has 0 spiro atoms. The van der Waals surface area contributed by atoms with Crippen LogP contribution in [0.5, 0.6) is 0 Å². The standard InChI is InChI=1S/C7H9N3OS/c8-7-9-5-3-12-2-1-4(5)6(11)10-7/h1-3H2,(H3,8,9,10,11). The summed E-state index contributed by atoms with van der Waals surface area (Å²) in [6, 6.07) is 0. The van der Waals surface area contributed by atoms with Crippen LogP contribution in [0, 0.1) is 0 Å². The number of nitrogens with zero attached hydrogens (tertiary/aromatic N) is 1. The Balaban J connectivity index is 2.60. The minimum atomic E-state index is -0.0715. The van der Waals surface area contributed by atoms with E-state index in [2.05, 4.69) is 9.97 Å². The van der Waals surface area contributed by atoms with Gasteiger partial charge in [-0.3, -0.25) is 9.78 Å². The molecule has 0 radical (unpaired) electrons. The van der Waals surface area contributed by atoms with Crippen LogP contribution in [0.2, 0.25) is 0 Å². The fourth-order valence-corrected chi connectivity index (χ4v) is 2.21. The van der Waals surface area contributed by atoms with Gasteiger partial charge in [-0.15, -0.1) is 0 Å². The summed E-state index contributed by atoms with van der Waals surface area (Å²) in [4.78, 5) is 17.9. The highest BCUT2D eigenvalue weighted by Gasteiger charge is 2.14. The van der Waals surface area contributed by atoms with E-state index in [1.165, 1.54) is 0 Å². The number of nitrogens with one attached hydrogen (secondary N) is 1. The van der Waals surface area contributed by atoms with E-state index >= 15 is 0 Å². The minimum absolute atomic E-state index is 0.0715. The monoisotopic (exact) mass is 183 g/mol. The molecule has 12 heavy (non-hydrogen) atoms. The number of rotatable bonds is 0. The third kappa shape index (κ3) is 1.20. The summed E-state index contributed by atoms with van der Waals surface area (Å²) in [5, 5.41) is 0. The molecule has 0 bridgehead atoms. The summed E-state index contributed by atoms with van der Waals surface area (Å²) in [5.74, 6) is 2.03. The predicted molar refractivity (Wildman–Crippen MR) is 49.1 cm³/mol. The van der Waals surface area contributed by atoms with Gasteiger partial charge >= 0.3 is 0 Å². The van der Waals surface area contributed by atoms with Gasteiger partial charge in [-0.05, 0) is 12.2 Å². The SMILES string of the molecule is Nc1nc2c(c(=O)[nH]1)CCSC2. The molecule has 5 heteroatoms. The van der Waals surface area contributed by atoms with Crippen molar-refractivity contribution in [2.24, 2.45) is 0 Å². The number of H-pyrrole nitrogens is 1. The highest BCUT2D eigenvalue weighted by atomic mass is 32.2. The van der Waals surface area contributed by atoms with Crippen LogP contribution in [0.15, 0.2) is 4.79 Å². The fraction of sp³-hybridized carbons (Fsp3) is 0.429. The van der Waals surface area contributed by atoms with Gasteiger partial charge in [0.1, 0.15) is 0 Å². The molecule has 0 aromatic carbocycles. The van der Waals surface area contributed by atoms with Crippen molar-refractivity contribution in [1.29, 1.82) is 0 Å². The second-order valence-electron chi connectivity index (χ2n) is 2.68. The lowest BCUT2D eigenvalue weighted by Crippen LogP contribution is -2.22. The molecule has 0 atom stereocenters. The van der Waals surface area contributed by atoms with Gasteiger partial charge in [0.15, 0.2) is 0 Å². The second-order valence-corrected chi connectivity index (χ2v) is 3.78. The largest absolute Gasteiger partial charge is 0.369 e. The normalized spacial score (nSPS) is 15.7. The van der Waals surface area contributed by atoms with Gasteiger partial charge in [-0.25, -0.2) is 4.98 Å². The third-order valence-corrected chi connectivity index (χ3v) is 2.82. The molecule has 4 nitrogen and oxygen atoms in total. The first-order valence-electron chi connectivity index (χ1n) is 3.72. The van der Waals surface area contributed by atoms with Gasteiger partial charge in [0.2, 0.25) is 5.95 Å². The summed E-state index contributed by atoms with van der Waals surface area (Å²) >= 11 is 1.78. The van der Waals surface area contributed by atoms with E-state index in [1.807, 2.05) is 0 Å². The van der Waals surface area contributed by atoms with Crippen molar-refractivity contribution in [2.45, 2.75) is 12.2 Å². The number of anilines is 1. The number of aromatic amines is 1. The zero-order valence-electron chi connectivity index (χ0n) is 6.46. The fourth-order valence-electron chi connectivity index (χ4n) is 1.28. The Bertz CT molecular complexity index is 360. The predicted octanol–water partition coefficient (Wildman–Crippen LogP) is 0.141. The molecule has 1 aromatic rings. The Morgan fingerprint density at radius 1 is 1.58 bits per heavy atom. The number of nitrogen functional groups attached to an aromatic ring is 1. The van der Waals surface area contributed by atoms with Gasteiger partial charge < -0.3 is 5.73 Å². The zero-order valence-corrected chi connectivity index (χ0v) is 7.28. The van der Waals surface area contributed by atoms with Crippen molar-refractivity contribution in [3.05, 3.63) is 21.6 Å². The van der Waals surface area contributed by atoms with E-state index in [-0.39, 0.29) is 11.5 Å². The Morgan fingerprint density at radius 3 is 3.25 bits per heavy atom. The zero-order chi connectivity index (χ0) is 8.55. The van der Waals surface area contributed by atoms with Crippen LogP contribution in [0.3, 0.4) is 0 Å². The maximum atomic E-state index is 11.3. The first-order valence-corrected chi connectivity index (χ1v) is 4.88. The lowest BCUT2D eigenvalue weighted by atomic mass is 10.2. The molecule has 1 aromatic heterocycles. The Hall–Kier alpha value is -0.970. The van der Waals surface area contributed by atoms with Crippen molar-refractivity contribution in [1.82, 2.24) is 9.97 Å². The van der Waals surface area contributed by atoms with E-state index in [1.54, 1.807) is 11.8 Å². The summed E-state index contributed by atoms with van der Waals surface area (Å²) in [6.45, 7) is 0. The molecule has 3 N–H and O–H groups in total. The molecular formula is C7H9N3OS. The van der Waals surface area contributed by atoms with Crippen molar-refractivity contribution in [2.75, 3.05) is 11.5 Å². The smallest absolute Gasteiger partial charge is 0.255 e. The molecule has 0 saturated heterocycles. The second kappa shape index (κ2) is 2.82. The van der Waals surface area contributed by atoms with E-state index in [9.17, 15) is 4.79 Å².